The Morgan fingerprint density at radius 2 is 1.97 bits per heavy atom. The predicted octanol–water partition coefficient (Wildman–Crippen LogP) is 3.39. The van der Waals surface area contributed by atoms with E-state index in [0.717, 1.165) is 12.1 Å². The van der Waals surface area contributed by atoms with E-state index in [9.17, 15) is 18.0 Å². The molecule has 1 aliphatic rings. The summed E-state index contributed by atoms with van der Waals surface area (Å²) in [5, 5.41) is 6.15. The molecule has 0 radical (unpaired) electrons. The van der Waals surface area contributed by atoms with Crippen LogP contribution < -0.4 is 20.9 Å². The maximum Gasteiger partial charge on any atom is 0.416 e. The van der Waals surface area contributed by atoms with Crippen LogP contribution in [0.4, 0.5) is 13.2 Å². The molecule has 3 rings (SSSR count). The standard InChI is InChI=1S/C20H20F3N3O2S/c1-19(2)14(11-25-18(29)24-3)17(26-9-5-4-6-16(26)27)13-10-12(20(21,22)23)7-8-15(13)28-19/h4-10H,11H2,1-3H3,(H2,24,25,29). The van der Waals surface area contributed by atoms with Crippen molar-refractivity contribution in [2.24, 2.45) is 0 Å². The van der Waals surface area contributed by atoms with Crippen LogP contribution in [0.25, 0.3) is 5.70 Å². The molecule has 0 bridgehead atoms. The smallest absolute Gasteiger partial charge is 0.416 e. The van der Waals surface area contributed by atoms with Gasteiger partial charge in [0, 0.05) is 37.0 Å². The summed E-state index contributed by atoms with van der Waals surface area (Å²) in [6.45, 7) is 3.76. The zero-order chi connectivity index (χ0) is 21.4. The topological polar surface area (TPSA) is 55.3 Å². The highest BCUT2D eigenvalue weighted by molar-refractivity contribution is 7.80. The van der Waals surface area contributed by atoms with Gasteiger partial charge < -0.3 is 15.4 Å². The zero-order valence-electron chi connectivity index (χ0n) is 16.1. The number of pyridine rings is 1. The minimum absolute atomic E-state index is 0.180. The number of aromatic nitrogens is 1. The highest BCUT2D eigenvalue weighted by Crippen LogP contribution is 2.43. The number of thiocarbonyl (C=S) groups is 1. The van der Waals surface area contributed by atoms with Gasteiger partial charge in [0.1, 0.15) is 11.4 Å². The van der Waals surface area contributed by atoms with Crippen molar-refractivity contribution < 1.29 is 17.9 Å². The third-order valence-electron chi connectivity index (χ3n) is 4.66. The van der Waals surface area contributed by atoms with E-state index < -0.39 is 17.3 Å². The average molecular weight is 423 g/mol. The van der Waals surface area contributed by atoms with E-state index in [0.29, 0.717) is 16.4 Å². The molecule has 0 amide bonds. The van der Waals surface area contributed by atoms with Crippen LogP contribution in [0, 0.1) is 0 Å². The lowest BCUT2D eigenvalue weighted by atomic mass is 9.88. The molecule has 2 aromatic rings. The molecule has 154 valence electrons. The fourth-order valence-corrected chi connectivity index (χ4v) is 3.28. The van der Waals surface area contributed by atoms with E-state index in [4.69, 9.17) is 17.0 Å². The molecule has 5 nitrogen and oxygen atoms in total. The van der Waals surface area contributed by atoms with Gasteiger partial charge in [-0.05, 0) is 50.3 Å². The predicted molar refractivity (Wildman–Crippen MR) is 109 cm³/mol. The molecule has 0 unspecified atom stereocenters. The van der Waals surface area contributed by atoms with E-state index in [1.165, 1.54) is 22.9 Å². The first-order valence-electron chi connectivity index (χ1n) is 8.82. The number of fused-ring (bicyclic) bond motifs is 1. The summed E-state index contributed by atoms with van der Waals surface area (Å²) in [6, 6.07) is 7.84. The van der Waals surface area contributed by atoms with Crippen molar-refractivity contribution in [1.82, 2.24) is 15.2 Å². The molecule has 1 aromatic heterocycles. The largest absolute Gasteiger partial charge is 0.483 e. The first-order chi connectivity index (χ1) is 13.5. The Morgan fingerprint density at radius 3 is 2.59 bits per heavy atom. The molecule has 0 aliphatic carbocycles. The SMILES string of the molecule is CNC(=S)NCC1=C(n2ccccc2=O)c2cc(C(F)(F)F)ccc2OC1(C)C. The van der Waals surface area contributed by atoms with Crippen LogP contribution in [0.5, 0.6) is 5.75 Å². The van der Waals surface area contributed by atoms with Gasteiger partial charge in [-0.15, -0.1) is 0 Å². The average Bonchev–Trinajstić information content (AvgIpc) is 2.64. The van der Waals surface area contributed by atoms with Crippen molar-refractivity contribution in [2.45, 2.75) is 25.6 Å². The number of ether oxygens (including phenoxy) is 1. The first kappa shape index (κ1) is 20.9. The summed E-state index contributed by atoms with van der Waals surface area (Å²) >= 11 is 5.12. The van der Waals surface area contributed by atoms with Crippen LogP contribution in [0.3, 0.4) is 0 Å². The van der Waals surface area contributed by atoms with Crippen LogP contribution in [-0.4, -0.2) is 28.9 Å². The highest BCUT2D eigenvalue weighted by Gasteiger charge is 2.38. The van der Waals surface area contributed by atoms with Gasteiger partial charge in [-0.3, -0.25) is 9.36 Å². The van der Waals surface area contributed by atoms with Crippen LogP contribution in [-0.2, 0) is 6.18 Å². The molecule has 0 spiro atoms. The molecule has 0 atom stereocenters. The number of alkyl halides is 3. The van der Waals surface area contributed by atoms with Crippen molar-refractivity contribution in [3.63, 3.8) is 0 Å². The van der Waals surface area contributed by atoms with E-state index in [1.807, 2.05) is 0 Å². The second-order valence-corrected chi connectivity index (χ2v) is 7.40. The molecule has 1 aromatic carbocycles. The van der Waals surface area contributed by atoms with Gasteiger partial charge in [-0.1, -0.05) is 6.07 Å². The number of hydrogen-bond acceptors (Lipinski definition) is 3. The van der Waals surface area contributed by atoms with Gasteiger partial charge >= 0.3 is 6.18 Å². The molecule has 0 saturated heterocycles. The maximum atomic E-state index is 13.4. The van der Waals surface area contributed by atoms with Crippen molar-refractivity contribution >= 4 is 23.0 Å². The van der Waals surface area contributed by atoms with Crippen molar-refractivity contribution in [1.29, 1.82) is 0 Å². The fourth-order valence-electron chi connectivity index (χ4n) is 3.21. The van der Waals surface area contributed by atoms with Crippen LogP contribution in [0.1, 0.15) is 25.0 Å². The maximum absolute atomic E-state index is 13.4. The lowest BCUT2D eigenvalue weighted by molar-refractivity contribution is -0.137. The van der Waals surface area contributed by atoms with Gasteiger partial charge in [0.2, 0.25) is 0 Å². The van der Waals surface area contributed by atoms with Gasteiger partial charge in [0.25, 0.3) is 5.56 Å². The number of nitrogens with zero attached hydrogens (tertiary/aromatic N) is 1. The van der Waals surface area contributed by atoms with Crippen LogP contribution >= 0.6 is 12.2 Å². The lowest BCUT2D eigenvalue weighted by Gasteiger charge is -2.38. The minimum atomic E-state index is -4.53. The molecule has 2 heterocycles. The second-order valence-electron chi connectivity index (χ2n) is 6.99. The molecular weight excluding hydrogens is 403 g/mol. The van der Waals surface area contributed by atoms with Gasteiger partial charge in [0.05, 0.1) is 11.3 Å². The van der Waals surface area contributed by atoms with E-state index >= 15 is 0 Å². The lowest BCUT2D eigenvalue weighted by Crippen LogP contribution is -2.44. The molecule has 9 heteroatoms. The quantitative estimate of drug-likeness (QED) is 0.742. The molecule has 0 saturated carbocycles. The second kappa shape index (κ2) is 7.55. The number of hydrogen-bond donors (Lipinski definition) is 2. The fraction of sp³-hybridized carbons (Fsp3) is 0.300. The normalized spacial score (nSPS) is 15.4. The third kappa shape index (κ3) is 4.14. The summed E-state index contributed by atoms with van der Waals surface area (Å²) in [6.07, 6.45) is -3.00. The molecule has 29 heavy (non-hydrogen) atoms. The Kier molecular flexibility index (Phi) is 5.44. The van der Waals surface area contributed by atoms with E-state index in [-0.39, 0.29) is 23.4 Å². The molecule has 1 aliphatic heterocycles. The van der Waals surface area contributed by atoms with E-state index in [2.05, 4.69) is 10.6 Å². The van der Waals surface area contributed by atoms with Crippen LogP contribution in [0.15, 0.2) is 53.0 Å². The Balaban J connectivity index is 2.31. The van der Waals surface area contributed by atoms with E-state index in [1.54, 1.807) is 33.0 Å². The minimum Gasteiger partial charge on any atom is -0.483 e. The number of rotatable bonds is 3. The Morgan fingerprint density at radius 1 is 1.24 bits per heavy atom. The van der Waals surface area contributed by atoms with Crippen molar-refractivity contribution in [2.75, 3.05) is 13.6 Å². The van der Waals surface area contributed by atoms with Crippen molar-refractivity contribution in [3.05, 3.63) is 69.6 Å². The van der Waals surface area contributed by atoms with Gasteiger partial charge in [-0.2, -0.15) is 13.2 Å². The number of benzene rings is 1. The summed E-state index contributed by atoms with van der Waals surface area (Å²) in [5.41, 5.74) is -0.946. The first-order valence-corrected chi connectivity index (χ1v) is 9.23. The molecule has 0 fully saturated rings. The Bertz CT molecular complexity index is 1040. The molecular formula is C20H20F3N3O2S. The number of halogens is 3. The van der Waals surface area contributed by atoms with Gasteiger partial charge in [-0.25, -0.2) is 0 Å². The third-order valence-corrected chi connectivity index (χ3v) is 5.00. The van der Waals surface area contributed by atoms with Crippen LogP contribution in [0.2, 0.25) is 0 Å². The highest BCUT2D eigenvalue weighted by atomic mass is 32.1. The Hall–Kier alpha value is -2.81. The zero-order valence-corrected chi connectivity index (χ0v) is 16.9. The Labute approximate surface area is 171 Å². The van der Waals surface area contributed by atoms with Crippen molar-refractivity contribution in [3.8, 4) is 5.75 Å². The molecule has 2 N–H and O–H groups in total. The summed E-state index contributed by atoms with van der Waals surface area (Å²) in [7, 11) is 1.65. The summed E-state index contributed by atoms with van der Waals surface area (Å²) in [5.74, 6) is 0.272. The summed E-state index contributed by atoms with van der Waals surface area (Å²) < 4.78 is 47.4. The monoisotopic (exact) mass is 423 g/mol. The number of nitrogens with one attached hydrogen (secondary N) is 2. The summed E-state index contributed by atoms with van der Waals surface area (Å²) in [4.78, 5) is 12.6. The van der Waals surface area contributed by atoms with Gasteiger partial charge in [0.15, 0.2) is 5.11 Å².